The Balaban J connectivity index is 2.03. The number of carbonyl (C=O) groups excluding carboxylic acids is 1. The molecular formula is C18H14FN3O3. The molecule has 2 heterocycles. The fourth-order valence-corrected chi connectivity index (χ4v) is 2.37. The van der Waals surface area contributed by atoms with Crippen LogP contribution in [0.15, 0.2) is 59.7 Å². The fraction of sp³-hybridized carbons (Fsp3) is 0.0556. The van der Waals surface area contributed by atoms with E-state index in [4.69, 9.17) is 0 Å². The predicted molar refractivity (Wildman–Crippen MR) is 90.6 cm³/mol. The van der Waals surface area contributed by atoms with Crippen LogP contribution in [0.4, 0.5) is 10.2 Å². The van der Waals surface area contributed by atoms with Gasteiger partial charge in [0.15, 0.2) is 11.6 Å². The number of hydrogen-bond donors (Lipinski definition) is 2. The molecule has 6 nitrogen and oxygen atoms in total. The summed E-state index contributed by atoms with van der Waals surface area (Å²) in [4.78, 5) is 29.1. The minimum Gasteiger partial charge on any atom is -0.504 e. The molecule has 0 atom stereocenters. The molecule has 1 amide bonds. The number of benzene rings is 1. The second-order valence-corrected chi connectivity index (χ2v) is 5.35. The highest BCUT2D eigenvalue weighted by Crippen LogP contribution is 2.19. The zero-order valence-electron chi connectivity index (χ0n) is 13.2. The third-order valence-corrected chi connectivity index (χ3v) is 3.65. The molecule has 0 saturated heterocycles. The van der Waals surface area contributed by atoms with E-state index < -0.39 is 17.3 Å². The zero-order chi connectivity index (χ0) is 18.0. The molecule has 0 saturated carbocycles. The van der Waals surface area contributed by atoms with E-state index in [9.17, 15) is 19.1 Å². The van der Waals surface area contributed by atoms with E-state index in [1.807, 2.05) is 0 Å². The van der Waals surface area contributed by atoms with Crippen LogP contribution in [0.1, 0.15) is 15.9 Å². The van der Waals surface area contributed by atoms with Crippen molar-refractivity contribution in [2.75, 3.05) is 5.32 Å². The van der Waals surface area contributed by atoms with Crippen LogP contribution in [-0.4, -0.2) is 20.6 Å². The summed E-state index contributed by atoms with van der Waals surface area (Å²) in [6.45, 7) is 1.63. The first-order valence-electron chi connectivity index (χ1n) is 7.41. The molecule has 126 valence electrons. The lowest BCUT2D eigenvalue weighted by Gasteiger charge is -2.11. The molecule has 0 radical (unpaired) electrons. The van der Waals surface area contributed by atoms with Gasteiger partial charge in [-0.15, -0.1) is 0 Å². The maximum Gasteiger partial charge on any atom is 0.268 e. The molecule has 7 heteroatoms. The molecular weight excluding hydrogens is 325 g/mol. The minimum atomic E-state index is -0.687. The molecule has 25 heavy (non-hydrogen) atoms. The highest BCUT2D eigenvalue weighted by Gasteiger charge is 2.18. The summed E-state index contributed by atoms with van der Waals surface area (Å²) in [5.41, 5.74) is 0.258. The number of aromatic hydroxyl groups is 1. The minimum absolute atomic E-state index is 0.0384. The Kier molecular flexibility index (Phi) is 4.30. The quantitative estimate of drug-likeness (QED) is 0.768. The van der Waals surface area contributed by atoms with Gasteiger partial charge in [-0.3, -0.25) is 14.2 Å². The average Bonchev–Trinajstić information content (AvgIpc) is 2.58. The largest absolute Gasteiger partial charge is 0.504 e. The van der Waals surface area contributed by atoms with E-state index in [1.165, 1.54) is 53.4 Å². The lowest BCUT2D eigenvalue weighted by atomic mass is 10.1. The van der Waals surface area contributed by atoms with Crippen molar-refractivity contribution in [3.8, 4) is 11.4 Å². The molecule has 0 spiro atoms. The lowest BCUT2D eigenvalue weighted by molar-refractivity contribution is 0.102. The van der Waals surface area contributed by atoms with Crippen molar-refractivity contribution in [3.05, 3.63) is 82.2 Å². The van der Waals surface area contributed by atoms with Crippen LogP contribution < -0.4 is 10.9 Å². The van der Waals surface area contributed by atoms with Crippen molar-refractivity contribution in [3.63, 3.8) is 0 Å². The molecule has 0 aliphatic rings. The van der Waals surface area contributed by atoms with Crippen LogP contribution in [0.5, 0.6) is 5.75 Å². The number of hydrogen-bond acceptors (Lipinski definition) is 4. The van der Waals surface area contributed by atoms with Gasteiger partial charge in [0.2, 0.25) is 0 Å². The van der Waals surface area contributed by atoms with Gasteiger partial charge in [0.25, 0.3) is 11.5 Å². The predicted octanol–water partition coefficient (Wildman–Crippen LogP) is 2.64. The number of halogens is 1. The van der Waals surface area contributed by atoms with Crippen LogP contribution in [0.2, 0.25) is 0 Å². The van der Waals surface area contributed by atoms with Crippen molar-refractivity contribution in [1.82, 2.24) is 9.55 Å². The van der Waals surface area contributed by atoms with E-state index in [2.05, 4.69) is 10.3 Å². The molecule has 0 aliphatic heterocycles. The molecule has 0 bridgehead atoms. The molecule has 3 aromatic rings. The highest BCUT2D eigenvalue weighted by molar-refractivity contribution is 6.05. The van der Waals surface area contributed by atoms with E-state index in [0.29, 0.717) is 11.3 Å². The first-order chi connectivity index (χ1) is 12.0. The van der Waals surface area contributed by atoms with E-state index in [0.717, 1.165) is 0 Å². The summed E-state index contributed by atoms with van der Waals surface area (Å²) in [6, 6.07) is 9.84. The molecule has 3 rings (SSSR count). The number of aryl methyl sites for hydroxylation is 1. The molecule has 2 N–H and O–H groups in total. The number of anilines is 1. The molecule has 0 fully saturated rings. The Morgan fingerprint density at radius 3 is 2.60 bits per heavy atom. The summed E-state index contributed by atoms with van der Waals surface area (Å²) in [5.74, 6) is -1.35. The van der Waals surface area contributed by atoms with E-state index >= 15 is 0 Å². The fourth-order valence-electron chi connectivity index (χ4n) is 2.37. The van der Waals surface area contributed by atoms with Gasteiger partial charge in [-0.25, -0.2) is 9.37 Å². The van der Waals surface area contributed by atoms with Crippen LogP contribution in [0, 0.1) is 12.7 Å². The van der Waals surface area contributed by atoms with Gasteiger partial charge >= 0.3 is 0 Å². The summed E-state index contributed by atoms with van der Waals surface area (Å²) in [5, 5.41) is 12.1. The Bertz CT molecular complexity index is 997. The van der Waals surface area contributed by atoms with Gasteiger partial charge in [-0.1, -0.05) is 0 Å². The summed E-state index contributed by atoms with van der Waals surface area (Å²) < 4.78 is 14.3. The van der Waals surface area contributed by atoms with Crippen molar-refractivity contribution in [2.45, 2.75) is 6.92 Å². The number of carbonyl (C=O) groups is 1. The normalized spacial score (nSPS) is 10.5. The van der Waals surface area contributed by atoms with Crippen molar-refractivity contribution in [1.29, 1.82) is 0 Å². The Morgan fingerprint density at radius 2 is 1.92 bits per heavy atom. The maximum absolute atomic E-state index is 13.1. The van der Waals surface area contributed by atoms with Crippen molar-refractivity contribution >= 4 is 11.7 Å². The molecule has 2 aromatic heterocycles. The third kappa shape index (κ3) is 3.25. The molecule has 0 aliphatic carbocycles. The summed E-state index contributed by atoms with van der Waals surface area (Å²) in [7, 11) is 0. The van der Waals surface area contributed by atoms with Gasteiger partial charge in [-0.2, -0.15) is 0 Å². The first-order valence-corrected chi connectivity index (χ1v) is 7.41. The number of rotatable bonds is 3. The average molecular weight is 339 g/mol. The topological polar surface area (TPSA) is 84.2 Å². The second-order valence-electron chi connectivity index (χ2n) is 5.35. The molecule has 0 unspecified atom stereocenters. The van der Waals surface area contributed by atoms with Gasteiger partial charge in [0.1, 0.15) is 11.4 Å². The van der Waals surface area contributed by atoms with Gasteiger partial charge in [0.05, 0.1) is 0 Å². The molecule has 1 aromatic carbocycles. The lowest BCUT2D eigenvalue weighted by Crippen LogP contribution is -2.29. The first kappa shape index (κ1) is 16.4. The number of amides is 1. The maximum atomic E-state index is 13.1. The van der Waals surface area contributed by atoms with Crippen LogP contribution in [0.3, 0.4) is 0 Å². The van der Waals surface area contributed by atoms with Crippen molar-refractivity contribution in [2.24, 2.45) is 0 Å². The zero-order valence-corrected chi connectivity index (χ0v) is 13.2. The van der Waals surface area contributed by atoms with E-state index in [-0.39, 0.29) is 17.1 Å². The number of pyridine rings is 2. The monoisotopic (exact) mass is 339 g/mol. The second kappa shape index (κ2) is 6.56. The van der Waals surface area contributed by atoms with Crippen LogP contribution in [-0.2, 0) is 0 Å². The van der Waals surface area contributed by atoms with Gasteiger partial charge in [0, 0.05) is 18.1 Å². The number of nitrogens with zero attached hydrogens (tertiary/aromatic N) is 2. The Morgan fingerprint density at radius 1 is 1.20 bits per heavy atom. The summed E-state index contributed by atoms with van der Waals surface area (Å²) in [6.07, 6.45) is 2.92. The highest BCUT2D eigenvalue weighted by atomic mass is 19.1. The third-order valence-electron chi connectivity index (χ3n) is 3.65. The van der Waals surface area contributed by atoms with Crippen LogP contribution in [0.25, 0.3) is 5.69 Å². The Hall–Kier alpha value is -3.48. The van der Waals surface area contributed by atoms with E-state index in [1.54, 1.807) is 13.0 Å². The van der Waals surface area contributed by atoms with Gasteiger partial charge in [-0.05, 0) is 55.0 Å². The summed E-state index contributed by atoms with van der Waals surface area (Å²) >= 11 is 0. The van der Waals surface area contributed by atoms with Crippen molar-refractivity contribution < 1.29 is 14.3 Å². The standard InChI is InChI=1S/C18H14FN3O3/c1-11-8-10-22(13-6-4-12(19)5-7-13)18(25)15(11)17(24)21-16-14(23)3-2-9-20-16/h2-10,23H,1H3,(H,20,21,24). The Labute approximate surface area is 142 Å². The van der Waals surface area contributed by atoms with Gasteiger partial charge < -0.3 is 10.4 Å². The number of nitrogens with one attached hydrogen (secondary N) is 1. The SMILES string of the molecule is Cc1ccn(-c2ccc(F)cc2)c(=O)c1C(=O)Nc1ncccc1O. The van der Waals surface area contributed by atoms with Crippen LogP contribution >= 0.6 is 0 Å². The number of aromatic nitrogens is 2. The smallest absolute Gasteiger partial charge is 0.268 e.